The fourth-order valence-electron chi connectivity index (χ4n) is 2.88. The smallest absolute Gasteiger partial charge is 0.419 e. The topological polar surface area (TPSA) is 78.5 Å². The van der Waals surface area contributed by atoms with Gasteiger partial charge < -0.3 is 9.15 Å². The lowest BCUT2D eigenvalue weighted by Crippen LogP contribution is -2.25. The van der Waals surface area contributed by atoms with E-state index >= 15 is 0 Å². The molecule has 0 bridgehead atoms. The number of oxazole rings is 1. The number of fused-ring (bicyclic) bond motifs is 1. The summed E-state index contributed by atoms with van der Waals surface area (Å²) >= 11 is 0. The molecular weight excluding hydrogens is 346 g/mol. The van der Waals surface area contributed by atoms with E-state index in [1.54, 1.807) is 43.3 Å². The summed E-state index contributed by atoms with van der Waals surface area (Å²) in [6.07, 6.45) is -0.0283. The van der Waals surface area contributed by atoms with E-state index < -0.39 is 17.8 Å². The number of esters is 1. The van der Waals surface area contributed by atoms with Crippen LogP contribution in [0.5, 0.6) is 0 Å². The molecule has 0 unspecified atom stereocenters. The van der Waals surface area contributed by atoms with Crippen LogP contribution in [-0.2, 0) is 22.5 Å². The molecule has 27 heavy (non-hydrogen) atoms. The molecule has 0 fully saturated rings. The van der Waals surface area contributed by atoms with Crippen molar-refractivity contribution < 1.29 is 18.7 Å². The molecule has 1 aromatic heterocycles. The van der Waals surface area contributed by atoms with E-state index in [0.717, 1.165) is 12.0 Å². The number of hydrogen-bond acceptors (Lipinski definition) is 5. The van der Waals surface area contributed by atoms with E-state index in [0.29, 0.717) is 16.7 Å². The van der Waals surface area contributed by atoms with Crippen molar-refractivity contribution in [1.29, 1.82) is 0 Å². The van der Waals surface area contributed by atoms with E-state index in [1.165, 1.54) is 4.57 Å². The zero-order valence-electron chi connectivity index (χ0n) is 15.3. The Morgan fingerprint density at radius 3 is 2.52 bits per heavy atom. The van der Waals surface area contributed by atoms with Crippen LogP contribution >= 0.6 is 0 Å². The number of carbonyl (C=O) groups is 2. The first-order valence-electron chi connectivity index (χ1n) is 8.90. The third kappa shape index (κ3) is 4.16. The minimum atomic E-state index is -0.886. The van der Waals surface area contributed by atoms with Gasteiger partial charge in [0.05, 0.1) is 11.9 Å². The van der Waals surface area contributed by atoms with Crippen molar-refractivity contribution in [3.05, 3.63) is 70.2 Å². The highest BCUT2D eigenvalue weighted by Gasteiger charge is 2.20. The maximum Gasteiger partial charge on any atom is 0.419 e. The lowest BCUT2D eigenvalue weighted by molar-refractivity contribution is -0.146. The Balaban J connectivity index is 1.60. The monoisotopic (exact) mass is 367 g/mol. The predicted octanol–water partition coefficient (Wildman–Crippen LogP) is 3.36. The number of ether oxygens (including phenoxy) is 1. The highest BCUT2D eigenvalue weighted by Crippen LogP contribution is 2.13. The molecule has 6 nitrogen and oxygen atoms in total. The summed E-state index contributed by atoms with van der Waals surface area (Å²) in [4.78, 5) is 36.4. The Kier molecular flexibility index (Phi) is 5.54. The minimum Gasteiger partial charge on any atom is -0.454 e. The van der Waals surface area contributed by atoms with E-state index in [4.69, 9.17) is 9.15 Å². The van der Waals surface area contributed by atoms with E-state index in [-0.39, 0.29) is 18.7 Å². The summed E-state index contributed by atoms with van der Waals surface area (Å²) in [5.74, 6) is -1.32. The maximum atomic E-state index is 12.4. The Morgan fingerprint density at radius 2 is 1.81 bits per heavy atom. The van der Waals surface area contributed by atoms with Gasteiger partial charge in [0.2, 0.25) is 5.78 Å². The van der Waals surface area contributed by atoms with E-state index in [1.807, 2.05) is 19.1 Å². The van der Waals surface area contributed by atoms with Gasteiger partial charge in [-0.3, -0.25) is 14.2 Å². The van der Waals surface area contributed by atoms with Gasteiger partial charge >= 0.3 is 11.7 Å². The fourth-order valence-corrected chi connectivity index (χ4v) is 2.88. The number of Topliss-reactive ketones (excluding diaryl/α,β-unsaturated/α-hetero) is 1. The zero-order valence-corrected chi connectivity index (χ0v) is 15.3. The molecular formula is C21H21NO5. The third-order valence-corrected chi connectivity index (χ3v) is 4.44. The van der Waals surface area contributed by atoms with Gasteiger partial charge in [-0.1, -0.05) is 43.3 Å². The van der Waals surface area contributed by atoms with Crippen molar-refractivity contribution in [2.45, 2.75) is 39.3 Å². The SMILES string of the molecule is CCc1ccc(C(=O)[C@@H](C)OC(=O)CCn2c(=O)oc3ccccc32)cc1. The summed E-state index contributed by atoms with van der Waals surface area (Å²) in [6.45, 7) is 3.71. The Morgan fingerprint density at radius 1 is 1.11 bits per heavy atom. The second-order valence-corrected chi connectivity index (χ2v) is 6.28. The summed E-state index contributed by atoms with van der Waals surface area (Å²) in [5.41, 5.74) is 2.73. The van der Waals surface area contributed by atoms with Crippen LogP contribution in [-0.4, -0.2) is 22.4 Å². The predicted molar refractivity (Wildman–Crippen MR) is 101 cm³/mol. The fraction of sp³-hybridized carbons (Fsp3) is 0.286. The van der Waals surface area contributed by atoms with Crippen molar-refractivity contribution in [3.8, 4) is 0 Å². The number of aromatic nitrogens is 1. The number of nitrogens with zero attached hydrogens (tertiary/aromatic N) is 1. The van der Waals surface area contributed by atoms with Crippen molar-refractivity contribution in [1.82, 2.24) is 4.57 Å². The number of aryl methyl sites for hydroxylation is 2. The number of hydrogen-bond donors (Lipinski definition) is 0. The molecule has 2 aromatic carbocycles. The van der Waals surface area contributed by atoms with Crippen LogP contribution in [0.2, 0.25) is 0 Å². The van der Waals surface area contributed by atoms with Crippen LogP contribution in [0.15, 0.2) is 57.7 Å². The molecule has 0 aliphatic rings. The highest BCUT2D eigenvalue weighted by atomic mass is 16.5. The second kappa shape index (κ2) is 8.03. The lowest BCUT2D eigenvalue weighted by atomic mass is 10.0. The first-order chi connectivity index (χ1) is 13.0. The van der Waals surface area contributed by atoms with Crippen LogP contribution < -0.4 is 5.76 Å². The molecule has 0 N–H and O–H groups in total. The standard InChI is InChI=1S/C21H21NO5/c1-3-15-8-10-16(11-9-15)20(24)14(2)26-19(23)12-13-22-17-6-4-5-7-18(17)27-21(22)25/h4-11,14H,3,12-13H2,1-2H3/t14-/m1/s1. The van der Waals surface area contributed by atoms with Gasteiger partial charge in [0, 0.05) is 12.1 Å². The molecule has 0 radical (unpaired) electrons. The van der Waals surface area contributed by atoms with Gasteiger partial charge in [-0.05, 0) is 31.0 Å². The molecule has 1 atom stereocenters. The van der Waals surface area contributed by atoms with Gasteiger partial charge in [0.25, 0.3) is 0 Å². The largest absolute Gasteiger partial charge is 0.454 e. The highest BCUT2D eigenvalue weighted by molar-refractivity contribution is 6.00. The van der Waals surface area contributed by atoms with Crippen molar-refractivity contribution >= 4 is 22.9 Å². The maximum absolute atomic E-state index is 12.4. The zero-order chi connectivity index (χ0) is 19.4. The van der Waals surface area contributed by atoms with Gasteiger partial charge in [-0.25, -0.2) is 4.79 Å². The number of para-hydroxylation sites is 2. The molecule has 0 saturated carbocycles. The molecule has 0 amide bonds. The van der Waals surface area contributed by atoms with Gasteiger partial charge in [-0.2, -0.15) is 0 Å². The molecule has 0 aliphatic heterocycles. The Bertz CT molecular complexity index is 1010. The third-order valence-electron chi connectivity index (χ3n) is 4.44. The normalized spacial score (nSPS) is 12.1. The van der Waals surface area contributed by atoms with Crippen LogP contribution in [0.4, 0.5) is 0 Å². The number of ketones is 1. The average molecular weight is 367 g/mol. The van der Waals surface area contributed by atoms with Crippen molar-refractivity contribution in [3.63, 3.8) is 0 Å². The molecule has 1 heterocycles. The minimum absolute atomic E-state index is 0.0319. The van der Waals surface area contributed by atoms with Gasteiger partial charge in [0.1, 0.15) is 0 Å². The number of benzene rings is 2. The van der Waals surface area contributed by atoms with Crippen LogP contribution in [0.1, 0.15) is 36.2 Å². The summed E-state index contributed by atoms with van der Waals surface area (Å²) in [6, 6.07) is 14.2. The molecule has 140 valence electrons. The van der Waals surface area contributed by atoms with Crippen molar-refractivity contribution in [2.75, 3.05) is 0 Å². The molecule has 0 saturated heterocycles. The summed E-state index contributed by atoms with van der Waals surface area (Å²) in [5, 5.41) is 0. The number of carbonyl (C=O) groups excluding carboxylic acids is 2. The number of rotatable bonds is 7. The van der Waals surface area contributed by atoms with Crippen LogP contribution in [0, 0.1) is 0 Å². The Hall–Kier alpha value is -3.15. The second-order valence-electron chi connectivity index (χ2n) is 6.28. The lowest BCUT2D eigenvalue weighted by Gasteiger charge is -2.12. The van der Waals surface area contributed by atoms with Crippen LogP contribution in [0.3, 0.4) is 0 Å². The average Bonchev–Trinajstić information content (AvgIpc) is 3.00. The van der Waals surface area contributed by atoms with Crippen LogP contribution in [0.25, 0.3) is 11.1 Å². The van der Waals surface area contributed by atoms with Gasteiger partial charge in [0.15, 0.2) is 11.7 Å². The Labute approximate surface area is 156 Å². The molecule has 0 spiro atoms. The molecule has 3 rings (SSSR count). The molecule has 6 heteroatoms. The molecule has 3 aromatic rings. The van der Waals surface area contributed by atoms with Gasteiger partial charge in [-0.15, -0.1) is 0 Å². The summed E-state index contributed by atoms with van der Waals surface area (Å²) < 4.78 is 11.7. The van der Waals surface area contributed by atoms with E-state index in [2.05, 4.69) is 0 Å². The van der Waals surface area contributed by atoms with E-state index in [9.17, 15) is 14.4 Å². The summed E-state index contributed by atoms with van der Waals surface area (Å²) in [7, 11) is 0. The molecule has 0 aliphatic carbocycles. The quantitative estimate of drug-likeness (QED) is 0.473. The first kappa shape index (κ1) is 18.6. The van der Waals surface area contributed by atoms with Crippen molar-refractivity contribution in [2.24, 2.45) is 0 Å². The first-order valence-corrected chi connectivity index (χ1v) is 8.90.